The molecule has 72 valence electrons. The van der Waals surface area contributed by atoms with Crippen molar-refractivity contribution in [2.45, 2.75) is 26.1 Å². The maximum atomic E-state index is 5.55. The molecular weight excluding hydrogens is 176 g/mol. The van der Waals surface area contributed by atoms with Crippen molar-refractivity contribution in [3.8, 4) is 0 Å². The number of ether oxygens (including phenoxy) is 2. The minimum Gasteiger partial charge on any atom is -0.348 e. The lowest BCUT2D eigenvalue weighted by Gasteiger charge is -2.35. The van der Waals surface area contributed by atoms with Crippen LogP contribution in [0.1, 0.15) is 20.3 Å². The lowest BCUT2D eigenvalue weighted by atomic mass is 10.2. The van der Waals surface area contributed by atoms with Crippen LogP contribution in [0.2, 0.25) is 0 Å². The van der Waals surface area contributed by atoms with Gasteiger partial charge in [0.05, 0.1) is 0 Å². The zero-order chi connectivity index (χ0) is 8.86. The van der Waals surface area contributed by atoms with Crippen LogP contribution in [-0.4, -0.2) is 31.4 Å². The Kier molecular flexibility index (Phi) is 4.35. The Bertz CT molecular complexity index is 108. The summed E-state index contributed by atoms with van der Waals surface area (Å²) in [7, 11) is 0. The standard InChI is InChI=1S/C8H16O3S/c1-3-9-8(10-4-2)5-6-12-11-7-8/h3-7H2,1-2H3. The van der Waals surface area contributed by atoms with Crippen LogP contribution in [0.3, 0.4) is 0 Å². The zero-order valence-corrected chi connectivity index (χ0v) is 8.49. The second-order valence-corrected chi connectivity index (χ2v) is 3.49. The van der Waals surface area contributed by atoms with E-state index in [4.69, 9.17) is 13.7 Å². The lowest BCUT2D eigenvalue weighted by molar-refractivity contribution is -0.249. The fourth-order valence-electron chi connectivity index (χ4n) is 1.26. The second-order valence-electron chi connectivity index (χ2n) is 2.61. The smallest absolute Gasteiger partial charge is 0.193 e. The molecule has 1 heterocycles. The Balaban J connectivity index is 2.44. The summed E-state index contributed by atoms with van der Waals surface area (Å²) in [5.74, 6) is 0.481. The number of hydrogen-bond acceptors (Lipinski definition) is 4. The van der Waals surface area contributed by atoms with Gasteiger partial charge < -0.3 is 13.7 Å². The van der Waals surface area contributed by atoms with Gasteiger partial charge in [0.2, 0.25) is 0 Å². The van der Waals surface area contributed by atoms with Gasteiger partial charge in [-0.3, -0.25) is 0 Å². The Morgan fingerprint density at radius 3 is 2.42 bits per heavy atom. The maximum absolute atomic E-state index is 5.55. The third-order valence-corrected chi connectivity index (χ3v) is 2.40. The van der Waals surface area contributed by atoms with Crippen LogP contribution in [0.25, 0.3) is 0 Å². The van der Waals surface area contributed by atoms with E-state index in [0.717, 1.165) is 12.2 Å². The molecule has 1 fully saturated rings. The van der Waals surface area contributed by atoms with Crippen LogP contribution in [0.4, 0.5) is 0 Å². The first-order valence-corrected chi connectivity index (χ1v) is 5.26. The maximum Gasteiger partial charge on any atom is 0.193 e. The largest absolute Gasteiger partial charge is 0.348 e. The monoisotopic (exact) mass is 192 g/mol. The molecule has 4 heteroatoms. The molecule has 0 aromatic heterocycles. The summed E-state index contributed by atoms with van der Waals surface area (Å²) in [4.78, 5) is 0. The van der Waals surface area contributed by atoms with Crippen molar-refractivity contribution in [3.63, 3.8) is 0 Å². The Labute approximate surface area is 78.0 Å². The topological polar surface area (TPSA) is 27.7 Å². The molecule has 0 radical (unpaired) electrons. The fraction of sp³-hybridized carbons (Fsp3) is 1.00. The Hall–Kier alpha value is 0.230. The summed E-state index contributed by atoms with van der Waals surface area (Å²) in [5, 5.41) is 0. The summed E-state index contributed by atoms with van der Waals surface area (Å²) in [6, 6.07) is 0. The predicted octanol–water partition coefficient (Wildman–Crippen LogP) is 1.82. The van der Waals surface area contributed by atoms with Crippen molar-refractivity contribution < 1.29 is 13.7 Å². The highest BCUT2D eigenvalue weighted by atomic mass is 32.2. The fourth-order valence-corrected chi connectivity index (χ4v) is 2.03. The van der Waals surface area contributed by atoms with E-state index >= 15 is 0 Å². The van der Waals surface area contributed by atoms with Crippen molar-refractivity contribution in [2.24, 2.45) is 0 Å². The highest BCUT2D eigenvalue weighted by Gasteiger charge is 2.34. The third-order valence-electron chi connectivity index (χ3n) is 1.74. The van der Waals surface area contributed by atoms with E-state index in [-0.39, 0.29) is 0 Å². The van der Waals surface area contributed by atoms with E-state index in [1.807, 2.05) is 13.8 Å². The average Bonchev–Trinajstić information content (AvgIpc) is 2.07. The van der Waals surface area contributed by atoms with E-state index in [0.29, 0.717) is 19.8 Å². The molecule has 0 saturated carbocycles. The van der Waals surface area contributed by atoms with Crippen LogP contribution >= 0.6 is 12.0 Å². The van der Waals surface area contributed by atoms with Crippen molar-refractivity contribution in [3.05, 3.63) is 0 Å². The first-order valence-electron chi connectivity index (χ1n) is 4.35. The summed E-state index contributed by atoms with van der Waals surface area (Å²) in [6.07, 6.45) is 0.916. The van der Waals surface area contributed by atoms with Crippen LogP contribution < -0.4 is 0 Å². The first kappa shape index (κ1) is 10.3. The van der Waals surface area contributed by atoms with Gasteiger partial charge in [0.25, 0.3) is 0 Å². The predicted molar refractivity (Wildman–Crippen MR) is 49.0 cm³/mol. The molecule has 0 spiro atoms. The van der Waals surface area contributed by atoms with Crippen LogP contribution in [0.5, 0.6) is 0 Å². The van der Waals surface area contributed by atoms with Gasteiger partial charge in [-0.15, -0.1) is 0 Å². The molecule has 1 saturated heterocycles. The molecule has 0 bridgehead atoms. The van der Waals surface area contributed by atoms with E-state index in [2.05, 4.69) is 0 Å². The second kappa shape index (κ2) is 5.07. The molecule has 0 aromatic rings. The zero-order valence-electron chi connectivity index (χ0n) is 7.67. The molecule has 0 unspecified atom stereocenters. The minimum absolute atomic E-state index is 0.464. The highest BCUT2D eigenvalue weighted by Crippen LogP contribution is 2.28. The van der Waals surface area contributed by atoms with Crippen molar-refractivity contribution >= 4 is 12.0 Å². The first-order chi connectivity index (χ1) is 5.83. The summed E-state index contributed by atoms with van der Waals surface area (Å²) >= 11 is 1.49. The SMILES string of the molecule is CCOC1(OCC)CCSOC1. The van der Waals surface area contributed by atoms with E-state index in [9.17, 15) is 0 Å². The molecule has 1 aliphatic heterocycles. The van der Waals surface area contributed by atoms with Crippen LogP contribution in [0, 0.1) is 0 Å². The molecule has 0 aliphatic carbocycles. The Morgan fingerprint density at radius 2 is 2.00 bits per heavy atom. The van der Waals surface area contributed by atoms with Gasteiger partial charge in [-0.25, -0.2) is 0 Å². The molecule has 0 atom stereocenters. The van der Waals surface area contributed by atoms with E-state index in [1.165, 1.54) is 12.0 Å². The van der Waals surface area contributed by atoms with Crippen molar-refractivity contribution in [1.82, 2.24) is 0 Å². The molecule has 12 heavy (non-hydrogen) atoms. The Morgan fingerprint density at radius 1 is 1.33 bits per heavy atom. The molecule has 0 amide bonds. The average molecular weight is 192 g/mol. The van der Waals surface area contributed by atoms with Crippen molar-refractivity contribution in [2.75, 3.05) is 25.6 Å². The minimum atomic E-state index is -0.464. The van der Waals surface area contributed by atoms with Gasteiger partial charge in [0, 0.05) is 25.4 Å². The third kappa shape index (κ3) is 2.62. The van der Waals surface area contributed by atoms with Gasteiger partial charge in [0.15, 0.2) is 5.79 Å². The lowest BCUT2D eigenvalue weighted by Crippen LogP contribution is -2.43. The molecule has 0 aromatic carbocycles. The molecular formula is C8H16O3S. The van der Waals surface area contributed by atoms with Gasteiger partial charge >= 0.3 is 0 Å². The van der Waals surface area contributed by atoms with Crippen molar-refractivity contribution in [1.29, 1.82) is 0 Å². The van der Waals surface area contributed by atoms with Crippen LogP contribution in [-0.2, 0) is 13.7 Å². The molecule has 3 nitrogen and oxygen atoms in total. The summed E-state index contributed by atoms with van der Waals surface area (Å²) in [5.41, 5.74) is 0. The molecule has 0 N–H and O–H groups in total. The molecule has 1 rings (SSSR count). The van der Waals surface area contributed by atoms with Gasteiger partial charge in [0.1, 0.15) is 6.61 Å². The van der Waals surface area contributed by atoms with Gasteiger partial charge in [-0.2, -0.15) is 0 Å². The molecule has 1 aliphatic rings. The van der Waals surface area contributed by atoms with E-state index < -0.39 is 5.79 Å². The highest BCUT2D eigenvalue weighted by molar-refractivity contribution is 7.94. The number of hydrogen-bond donors (Lipinski definition) is 0. The quantitative estimate of drug-likeness (QED) is 0.501. The van der Waals surface area contributed by atoms with Gasteiger partial charge in [-0.1, -0.05) is 0 Å². The summed E-state index contributed by atoms with van der Waals surface area (Å²) in [6.45, 7) is 5.84. The normalized spacial score (nSPS) is 22.5. The number of rotatable bonds is 4. The van der Waals surface area contributed by atoms with E-state index in [1.54, 1.807) is 0 Å². The summed E-state index contributed by atoms with van der Waals surface area (Å²) < 4.78 is 16.4. The van der Waals surface area contributed by atoms with Gasteiger partial charge in [-0.05, 0) is 25.9 Å². The van der Waals surface area contributed by atoms with Crippen LogP contribution in [0.15, 0.2) is 0 Å².